The molecule has 0 rings (SSSR count). The normalized spacial score (nSPS) is 14.2. The monoisotopic (exact) mass is 507 g/mol. The van der Waals surface area contributed by atoms with Crippen LogP contribution in [0.3, 0.4) is 0 Å². The predicted octanol–water partition coefficient (Wildman–Crippen LogP) is -2.36. The molecule has 34 heavy (non-hydrogen) atoms. The molecular weight excluding hydrogens is 474 g/mol. The van der Waals surface area contributed by atoms with Crippen LogP contribution in [-0.2, 0) is 28.8 Å². The first-order valence-electron chi connectivity index (χ1n) is 10.6. The summed E-state index contributed by atoms with van der Waals surface area (Å²) in [7, 11) is 0. The first-order valence-corrected chi connectivity index (χ1v) is 11.2. The Kier molecular flexibility index (Phi) is 15.2. The van der Waals surface area contributed by atoms with Gasteiger partial charge in [0.15, 0.2) is 0 Å². The van der Waals surface area contributed by atoms with Gasteiger partial charge in [-0.25, -0.2) is 4.79 Å². The maximum atomic E-state index is 12.8. The van der Waals surface area contributed by atoms with Crippen molar-refractivity contribution in [2.75, 3.05) is 12.3 Å². The van der Waals surface area contributed by atoms with Crippen molar-refractivity contribution in [3.8, 4) is 0 Å². The molecule has 0 bridgehead atoms. The van der Waals surface area contributed by atoms with Crippen LogP contribution >= 0.6 is 12.6 Å². The number of hydrogen-bond donors (Lipinski definition) is 9. The molecule has 0 aliphatic heterocycles. The van der Waals surface area contributed by atoms with Gasteiger partial charge in [-0.3, -0.25) is 24.0 Å². The zero-order valence-electron chi connectivity index (χ0n) is 18.6. The number of rotatable bonds is 18. The zero-order chi connectivity index (χ0) is 26.3. The lowest BCUT2D eigenvalue weighted by Gasteiger charge is -2.24. The largest absolute Gasteiger partial charge is 0.481 e. The van der Waals surface area contributed by atoms with E-state index in [9.17, 15) is 28.8 Å². The highest BCUT2D eigenvalue weighted by Crippen LogP contribution is 2.06. The van der Waals surface area contributed by atoms with Gasteiger partial charge in [0, 0.05) is 18.6 Å². The lowest BCUT2D eigenvalue weighted by Crippen LogP contribution is -2.57. The molecule has 10 N–H and O–H groups in total. The van der Waals surface area contributed by atoms with E-state index >= 15 is 0 Å². The van der Waals surface area contributed by atoms with Gasteiger partial charge in [0.1, 0.15) is 18.1 Å². The number of nitrogens with one attached hydrogen (secondary N) is 3. The van der Waals surface area contributed by atoms with Crippen LogP contribution < -0.4 is 27.4 Å². The van der Waals surface area contributed by atoms with E-state index in [0.717, 1.165) is 0 Å². The van der Waals surface area contributed by atoms with Crippen molar-refractivity contribution in [3.63, 3.8) is 0 Å². The second kappa shape index (κ2) is 16.7. The molecule has 0 aromatic carbocycles. The average Bonchev–Trinajstić information content (AvgIpc) is 2.76. The molecule has 0 saturated heterocycles. The Bertz CT molecular complexity index is 737. The minimum absolute atomic E-state index is 0.264. The van der Waals surface area contributed by atoms with E-state index < -0.39 is 72.6 Å². The second-order valence-corrected chi connectivity index (χ2v) is 7.83. The minimum Gasteiger partial charge on any atom is -0.481 e. The fraction of sp³-hybridized carbons (Fsp3) is 0.684. The van der Waals surface area contributed by atoms with Gasteiger partial charge in [0.2, 0.25) is 17.7 Å². The van der Waals surface area contributed by atoms with Crippen molar-refractivity contribution in [1.29, 1.82) is 0 Å². The fourth-order valence-corrected chi connectivity index (χ4v) is 2.97. The summed E-state index contributed by atoms with van der Waals surface area (Å²) >= 11 is 3.82. The Morgan fingerprint density at radius 3 is 1.53 bits per heavy atom. The van der Waals surface area contributed by atoms with Crippen molar-refractivity contribution in [1.82, 2.24) is 16.0 Å². The van der Waals surface area contributed by atoms with Crippen molar-refractivity contribution in [2.45, 2.75) is 69.1 Å². The van der Waals surface area contributed by atoms with Crippen molar-refractivity contribution in [2.24, 2.45) is 11.5 Å². The summed E-state index contributed by atoms with van der Waals surface area (Å²) in [4.78, 5) is 70.7. The number of amides is 3. The number of carboxylic acids is 3. The standard InChI is InChI=1S/C19H33N5O9S/c20-8-2-1-3-10(21)16(29)22-11(4-6-14(25)26)17(30)23-12(5-7-15(27)28)18(31)24-13(9-34)19(32)33/h10-13,34H,1-9,20-21H2,(H,22,29)(H,23,30)(H,24,31)(H,25,26)(H,27,28)(H,32,33). The molecule has 194 valence electrons. The van der Waals surface area contributed by atoms with Crippen LogP contribution in [0.2, 0.25) is 0 Å². The lowest BCUT2D eigenvalue weighted by molar-refractivity contribution is -0.142. The van der Waals surface area contributed by atoms with E-state index in [0.29, 0.717) is 19.4 Å². The Balaban J connectivity index is 5.47. The third kappa shape index (κ3) is 13.0. The first-order chi connectivity index (χ1) is 15.9. The van der Waals surface area contributed by atoms with E-state index in [-0.39, 0.29) is 25.0 Å². The molecule has 3 amide bonds. The van der Waals surface area contributed by atoms with E-state index in [4.69, 9.17) is 26.8 Å². The number of carbonyl (C=O) groups is 6. The topological polar surface area (TPSA) is 251 Å². The van der Waals surface area contributed by atoms with E-state index in [1.54, 1.807) is 0 Å². The molecule has 0 aromatic rings. The number of carboxylic acid groups (broad SMARTS) is 3. The van der Waals surface area contributed by atoms with Gasteiger partial charge in [-0.1, -0.05) is 6.42 Å². The first kappa shape index (κ1) is 31.1. The SMILES string of the molecule is NCCCCC(N)C(=O)NC(CCC(=O)O)C(=O)NC(CCC(=O)O)C(=O)NC(CS)C(=O)O. The molecule has 4 unspecified atom stereocenters. The summed E-state index contributed by atoms with van der Waals surface area (Å²) in [5.74, 6) is -6.80. The fourth-order valence-electron chi connectivity index (χ4n) is 2.72. The molecule has 0 aliphatic rings. The number of aliphatic carboxylic acids is 3. The van der Waals surface area contributed by atoms with Crippen molar-refractivity contribution >= 4 is 48.3 Å². The summed E-state index contributed by atoms with van der Waals surface area (Å²) < 4.78 is 0. The number of nitrogens with two attached hydrogens (primary N) is 2. The van der Waals surface area contributed by atoms with Gasteiger partial charge >= 0.3 is 17.9 Å². The zero-order valence-corrected chi connectivity index (χ0v) is 19.5. The lowest BCUT2D eigenvalue weighted by atomic mass is 10.1. The highest BCUT2D eigenvalue weighted by Gasteiger charge is 2.30. The number of unbranched alkanes of at least 4 members (excludes halogenated alkanes) is 1. The Labute approximate surface area is 201 Å². The predicted molar refractivity (Wildman–Crippen MR) is 122 cm³/mol. The molecule has 0 heterocycles. The smallest absolute Gasteiger partial charge is 0.327 e. The van der Waals surface area contributed by atoms with E-state index in [1.807, 2.05) is 0 Å². The molecule has 0 radical (unpaired) electrons. The molecule has 0 aliphatic carbocycles. The van der Waals surface area contributed by atoms with Crippen LogP contribution in [0.4, 0.5) is 0 Å². The van der Waals surface area contributed by atoms with E-state index in [2.05, 4.69) is 28.6 Å². The average molecular weight is 508 g/mol. The number of carbonyl (C=O) groups excluding carboxylic acids is 3. The Hall–Kier alpha value is -2.91. The molecule has 0 saturated carbocycles. The van der Waals surface area contributed by atoms with E-state index in [1.165, 1.54) is 0 Å². The van der Waals surface area contributed by atoms with Crippen molar-refractivity contribution < 1.29 is 44.1 Å². The quantitative estimate of drug-likeness (QED) is 0.0700. The number of hydrogen-bond acceptors (Lipinski definition) is 9. The molecule has 14 nitrogen and oxygen atoms in total. The van der Waals surface area contributed by atoms with Gasteiger partial charge in [-0.2, -0.15) is 12.6 Å². The minimum atomic E-state index is -1.47. The van der Waals surface area contributed by atoms with Crippen LogP contribution in [0.5, 0.6) is 0 Å². The summed E-state index contributed by atoms with van der Waals surface area (Å²) in [6.07, 6.45) is -0.269. The van der Waals surface area contributed by atoms with Crippen LogP contribution in [0.25, 0.3) is 0 Å². The van der Waals surface area contributed by atoms with Crippen LogP contribution in [0, 0.1) is 0 Å². The summed E-state index contributed by atoms with van der Waals surface area (Å²) in [5, 5.41) is 33.7. The van der Waals surface area contributed by atoms with Crippen LogP contribution in [-0.4, -0.2) is 87.4 Å². The Morgan fingerprint density at radius 1 is 0.706 bits per heavy atom. The van der Waals surface area contributed by atoms with Crippen LogP contribution in [0.1, 0.15) is 44.9 Å². The molecule has 0 aromatic heterocycles. The van der Waals surface area contributed by atoms with Gasteiger partial charge < -0.3 is 42.7 Å². The highest BCUT2D eigenvalue weighted by molar-refractivity contribution is 7.80. The van der Waals surface area contributed by atoms with Crippen LogP contribution in [0.15, 0.2) is 0 Å². The third-order valence-electron chi connectivity index (χ3n) is 4.66. The maximum Gasteiger partial charge on any atom is 0.327 e. The maximum absolute atomic E-state index is 12.8. The summed E-state index contributed by atoms with van der Waals surface area (Å²) in [5.41, 5.74) is 11.2. The summed E-state index contributed by atoms with van der Waals surface area (Å²) in [6, 6.07) is -5.23. The Morgan fingerprint density at radius 2 is 1.15 bits per heavy atom. The molecular formula is C19H33N5O9S. The van der Waals surface area contributed by atoms with Gasteiger partial charge in [0.05, 0.1) is 6.04 Å². The van der Waals surface area contributed by atoms with Gasteiger partial charge in [-0.05, 0) is 32.2 Å². The van der Waals surface area contributed by atoms with Gasteiger partial charge in [-0.15, -0.1) is 0 Å². The molecule has 4 atom stereocenters. The molecule has 0 fully saturated rings. The summed E-state index contributed by atoms with van der Waals surface area (Å²) in [6.45, 7) is 0.410. The molecule has 0 spiro atoms. The second-order valence-electron chi connectivity index (χ2n) is 7.46. The van der Waals surface area contributed by atoms with Crippen molar-refractivity contribution in [3.05, 3.63) is 0 Å². The third-order valence-corrected chi connectivity index (χ3v) is 5.03. The molecule has 15 heteroatoms. The van der Waals surface area contributed by atoms with Gasteiger partial charge in [0.25, 0.3) is 0 Å². The highest BCUT2D eigenvalue weighted by atomic mass is 32.1. The number of thiol groups is 1.